The minimum absolute atomic E-state index is 0.0878. The molecular formula is C10H13FN2O4. The lowest BCUT2D eigenvalue weighted by Gasteiger charge is -2.26. The number of hydrogen-bond donors (Lipinski definition) is 1. The number of carbonyl (C=O) groups excluding carboxylic acids is 3. The van der Waals surface area contributed by atoms with E-state index in [4.69, 9.17) is 4.74 Å². The zero-order chi connectivity index (χ0) is 12.8. The third-order valence-electron chi connectivity index (χ3n) is 2.11. The lowest BCUT2D eigenvalue weighted by Crippen LogP contribution is -2.59. The van der Waals surface area contributed by atoms with Gasteiger partial charge in [0.05, 0.1) is 19.8 Å². The van der Waals surface area contributed by atoms with Crippen LogP contribution in [-0.4, -0.2) is 48.7 Å². The molecule has 7 heteroatoms. The van der Waals surface area contributed by atoms with Gasteiger partial charge in [0.25, 0.3) is 18.0 Å². The van der Waals surface area contributed by atoms with Crippen LogP contribution in [0.3, 0.4) is 0 Å². The SMILES string of the molecule is C=CCCOCCN1C(=O)NC(=O)C(F)C1=O. The summed E-state index contributed by atoms with van der Waals surface area (Å²) in [7, 11) is 0. The van der Waals surface area contributed by atoms with Crippen molar-refractivity contribution in [1.82, 2.24) is 10.2 Å². The quantitative estimate of drug-likeness (QED) is 0.405. The van der Waals surface area contributed by atoms with Crippen molar-refractivity contribution in [1.29, 1.82) is 0 Å². The van der Waals surface area contributed by atoms with E-state index in [1.807, 2.05) is 0 Å². The molecule has 0 saturated carbocycles. The van der Waals surface area contributed by atoms with Gasteiger partial charge in [0, 0.05) is 0 Å². The molecule has 94 valence electrons. The second-order valence-corrected chi connectivity index (χ2v) is 3.34. The highest BCUT2D eigenvalue weighted by molar-refractivity contribution is 6.17. The van der Waals surface area contributed by atoms with Gasteiger partial charge in [0.15, 0.2) is 0 Å². The van der Waals surface area contributed by atoms with Crippen LogP contribution < -0.4 is 5.32 Å². The molecule has 17 heavy (non-hydrogen) atoms. The van der Waals surface area contributed by atoms with Crippen LogP contribution in [0.4, 0.5) is 9.18 Å². The molecule has 1 unspecified atom stereocenters. The van der Waals surface area contributed by atoms with Gasteiger partial charge in [-0.05, 0) is 6.42 Å². The number of alkyl halides is 1. The summed E-state index contributed by atoms with van der Waals surface area (Å²) in [5.74, 6) is -2.37. The zero-order valence-electron chi connectivity index (χ0n) is 9.15. The summed E-state index contributed by atoms with van der Waals surface area (Å²) in [4.78, 5) is 33.9. The van der Waals surface area contributed by atoms with Crippen LogP contribution in [0.15, 0.2) is 12.7 Å². The molecule has 1 aliphatic heterocycles. The molecule has 0 aromatic carbocycles. The van der Waals surface area contributed by atoms with Crippen LogP contribution in [0.25, 0.3) is 0 Å². The Morgan fingerprint density at radius 2 is 2.12 bits per heavy atom. The fourth-order valence-corrected chi connectivity index (χ4v) is 1.22. The molecule has 1 saturated heterocycles. The lowest BCUT2D eigenvalue weighted by atomic mass is 10.2. The summed E-state index contributed by atoms with van der Waals surface area (Å²) < 4.78 is 18.1. The van der Waals surface area contributed by atoms with Crippen LogP contribution in [0.2, 0.25) is 0 Å². The number of rotatable bonds is 6. The number of ether oxygens (including phenoxy) is 1. The van der Waals surface area contributed by atoms with Crippen molar-refractivity contribution in [2.24, 2.45) is 0 Å². The molecule has 4 amide bonds. The van der Waals surface area contributed by atoms with E-state index >= 15 is 0 Å². The van der Waals surface area contributed by atoms with E-state index in [1.54, 1.807) is 11.4 Å². The summed E-state index contributed by atoms with van der Waals surface area (Å²) in [6.07, 6.45) is -0.0137. The van der Waals surface area contributed by atoms with Gasteiger partial charge in [-0.25, -0.2) is 9.18 Å². The first-order valence-corrected chi connectivity index (χ1v) is 5.07. The van der Waals surface area contributed by atoms with Crippen molar-refractivity contribution in [2.75, 3.05) is 19.8 Å². The van der Waals surface area contributed by atoms with Gasteiger partial charge in [-0.15, -0.1) is 6.58 Å². The maximum absolute atomic E-state index is 13.0. The van der Waals surface area contributed by atoms with E-state index in [2.05, 4.69) is 6.58 Å². The second kappa shape index (κ2) is 6.09. The Labute approximate surface area is 97.4 Å². The van der Waals surface area contributed by atoms with Gasteiger partial charge in [-0.2, -0.15) is 0 Å². The van der Waals surface area contributed by atoms with Crippen molar-refractivity contribution < 1.29 is 23.5 Å². The number of urea groups is 1. The molecule has 0 bridgehead atoms. The van der Waals surface area contributed by atoms with Gasteiger partial charge in [-0.1, -0.05) is 6.08 Å². The van der Waals surface area contributed by atoms with Gasteiger partial charge in [-0.3, -0.25) is 19.8 Å². The normalized spacial score (nSPS) is 20.4. The summed E-state index contributed by atoms with van der Waals surface area (Å²) in [5, 5.41) is 1.74. The maximum Gasteiger partial charge on any atom is 0.331 e. The first-order chi connectivity index (χ1) is 8.07. The molecule has 0 spiro atoms. The number of nitrogens with zero attached hydrogens (tertiary/aromatic N) is 1. The summed E-state index contributed by atoms with van der Waals surface area (Å²) in [5.41, 5.74) is 0. The van der Waals surface area contributed by atoms with Crippen LogP contribution in [0.5, 0.6) is 0 Å². The van der Waals surface area contributed by atoms with Crippen molar-refractivity contribution in [2.45, 2.75) is 12.6 Å². The van der Waals surface area contributed by atoms with Crippen LogP contribution in [0, 0.1) is 0 Å². The predicted molar refractivity (Wildman–Crippen MR) is 55.8 cm³/mol. The molecule has 1 aliphatic rings. The Kier molecular flexibility index (Phi) is 4.77. The van der Waals surface area contributed by atoms with E-state index in [9.17, 15) is 18.8 Å². The van der Waals surface area contributed by atoms with Gasteiger partial charge in [0.2, 0.25) is 0 Å². The summed E-state index contributed by atoms with van der Waals surface area (Å²) in [6, 6.07) is -0.916. The van der Waals surface area contributed by atoms with E-state index in [0.29, 0.717) is 17.9 Å². The van der Waals surface area contributed by atoms with Crippen LogP contribution in [-0.2, 0) is 14.3 Å². The number of nitrogens with one attached hydrogen (secondary N) is 1. The monoisotopic (exact) mass is 244 g/mol. The van der Waals surface area contributed by atoms with Crippen molar-refractivity contribution in [3.05, 3.63) is 12.7 Å². The Hall–Kier alpha value is -1.76. The van der Waals surface area contributed by atoms with Crippen LogP contribution in [0.1, 0.15) is 6.42 Å². The van der Waals surface area contributed by atoms with Gasteiger partial charge >= 0.3 is 6.03 Å². The highest BCUT2D eigenvalue weighted by Gasteiger charge is 2.40. The van der Waals surface area contributed by atoms with Crippen molar-refractivity contribution in [3.63, 3.8) is 0 Å². The minimum atomic E-state index is -2.32. The van der Waals surface area contributed by atoms with Crippen molar-refractivity contribution in [3.8, 4) is 0 Å². The molecule has 1 fully saturated rings. The highest BCUT2D eigenvalue weighted by Crippen LogP contribution is 2.06. The first kappa shape index (κ1) is 13.3. The molecule has 1 heterocycles. The fraction of sp³-hybridized carbons (Fsp3) is 0.500. The van der Waals surface area contributed by atoms with Gasteiger partial charge in [0.1, 0.15) is 0 Å². The summed E-state index contributed by atoms with van der Waals surface area (Å²) in [6.45, 7) is 3.91. The molecule has 0 radical (unpaired) electrons. The zero-order valence-corrected chi connectivity index (χ0v) is 9.15. The second-order valence-electron chi connectivity index (χ2n) is 3.34. The average molecular weight is 244 g/mol. The smallest absolute Gasteiger partial charge is 0.331 e. The van der Waals surface area contributed by atoms with E-state index in [-0.39, 0.29) is 13.2 Å². The standard InChI is InChI=1S/C10H13FN2O4/c1-2-3-5-17-6-4-13-9(15)7(11)8(14)12-10(13)16/h2,7H,1,3-6H2,(H,12,14,16). The first-order valence-electron chi connectivity index (χ1n) is 5.07. The molecule has 6 nitrogen and oxygen atoms in total. The van der Waals surface area contributed by atoms with E-state index in [0.717, 1.165) is 0 Å². The number of carbonyl (C=O) groups is 3. The maximum atomic E-state index is 13.0. The predicted octanol–water partition coefficient (Wildman–Crippen LogP) is -0.00440. The number of halogens is 1. The molecular weight excluding hydrogens is 231 g/mol. The largest absolute Gasteiger partial charge is 0.379 e. The lowest BCUT2D eigenvalue weighted by molar-refractivity contribution is -0.144. The molecule has 1 atom stereocenters. The van der Waals surface area contributed by atoms with E-state index in [1.165, 1.54) is 0 Å². The Morgan fingerprint density at radius 1 is 1.41 bits per heavy atom. The third kappa shape index (κ3) is 3.35. The van der Waals surface area contributed by atoms with E-state index < -0.39 is 24.0 Å². The van der Waals surface area contributed by atoms with Crippen molar-refractivity contribution >= 4 is 17.8 Å². The highest BCUT2D eigenvalue weighted by atomic mass is 19.1. The number of imide groups is 2. The molecule has 0 aromatic rings. The molecule has 0 aromatic heterocycles. The summed E-state index contributed by atoms with van der Waals surface area (Å²) >= 11 is 0. The molecule has 1 N–H and O–H groups in total. The average Bonchev–Trinajstić information content (AvgIpc) is 2.30. The third-order valence-corrected chi connectivity index (χ3v) is 2.11. The van der Waals surface area contributed by atoms with Crippen LogP contribution >= 0.6 is 0 Å². The number of amides is 4. The fourth-order valence-electron chi connectivity index (χ4n) is 1.22. The Bertz CT molecular complexity index is 345. The topological polar surface area (TPSA) is 75.7 Å². The minimum Gasteiger partial charge on any atom is -0.379 e. The Morgan fingerprint density at radius 3 is 2.76 bits per heavy atom. The molecule has 1 rings (SSSR count). The number of hydrogen-bond acceptors (Lipinski definition) is 4. The molecule has 0 aliphatic carbocycles. The number of barbiturate groups is 1. The van der Waals surface area contributed by atoms with Gasteiger partial charge < -0.3 is 4.74 Å². The Balaban J connectivity index is 2.41.